The van der Waals surface area contributed by atoms with Gasteiger partial charge >= 0.3 is 0 Å². The Morgan fingerprint density at radius 3 is 2.22 bits per heavy atom. The Morgan fingerprint density at radius 1 is 1.04 bits per heavy atom. The smallest absolute Gasteiger partial charge is 0.275 e. The van der Waals surface area contributed by atoms with E-state index in [1.807, 2.05) is 6.07 Å². The molecule has 7 heteroatoms. The zero-order chi connectivity index (χ0) is 19.7. The molecule has 0 fully saturated rings. The van der Waals surface area contributed by atoms with Crippen molar-refractivity contribution < 1.29 is 9.72 Å². The SMILES string of the molecule is CC(C)(C)C(=O)C(c1ccccc1)(c1ccccc1[N+](=O)[O-])n1cncn1. The molecule has 2 aromatic carbocycles. The van der Waals surface area contributed by atoms with E-state index in [0.717, 1.165) is 0 Å². The molecule has 1 heterocycles. The van der Waals surface area contributed by atoms with Crippen molar-refractivity contribution in [2.24, 2.45) is 5.41 Å². The van der Waals surface area contributed by atoms with Crippen LogP contribution in [0, 0.1) is 15.5 Å². The lowest BCUT2D eigenvalue weighted by Gasteiger charge is -2.37. The van der Waals surface area contributed by atoms with Crippen LogP contribution in [0.4, 0.5) is 5.69 Å². The van der Waals surface area contributed by atoms with Crippen LogP contribution in [-0.4, -0.2) is 25.5 Å². The van der Waals surface area contributed by atoms with Gasteiger partial charge in [0, 0.05) is 11.5 Å². The number of Topliss-reactive ketones (excluding diaryl/α,β-unsaturated/α-hetero) is 1. The lowest BCUT2D eigenvalue weighted by Crippen LogP contribution is -2.50. The van der Waals surface area contributed by atoms with Crippen molar-refractivity contribution in [1.29, 1.82) is 0 Å². The lowest BCUT2D eigenvalue weighted by atomic mass is 9.70. The topological polar surface area (TPSA) is 90.9 Å². The highest BCUT2D eigenvalue weighted by Gasteiger charge is 2.52. The third kappa shape index (κ3) is 3.01. The molecular formula is C20H20N4O3. The number of aromatic nitrogens is 3. The van der Waals surface area contributed by atoms with Gasteiger partial charge < -0.3 is 0 Å². The predicted molar refractivity (Wildman–Crippen MR) is 100 cm³/mol. The summed E-state index contributed by atoms with van der Waals surface area (Å²) in [5, 5.41) is 16.0. The lowest BCUT2D eigenvalue weighted by molar-refractivity contribution is -0.386. The summed E-state index contributed by atoms with van der Waals surface area (Å²) in [6.07, 6.45) is 2.75. The summed E-state index contributed by atoms with van der Waals surface area (Å²) >= 11 is 0. The molecule has 0 amide bonds. The maximum Gasteiger partial charge on any atom is 0.275 e. The molecule has 3 aromatic rings. The fourth-order valence-electron chi connectivity index (χ4n) is 3.31. The molecule has 0 bridgehead atoms. The normalized spacial score (nSPS) is 13.7. The van der Waals surface area contributed by atoms with Crippen LogP contribution in [-0.2, 0) is 10.3 Å². The van der Waals surface area contributed by atoms with Crippen molar-refractivity contribution in [1.82, 2.24) is 14.8 Å². The van der Waals surface area contributed by atoms with Crippen LogP contribution in [0.25, 0.3) is 0 Å². The van der Waals surface area contributed by atoms with E-state index in [2.05, 4.69) is 10.1 Å². The molecule has 1 unspecified atom stereocenters. The van der Waals surface area contributed by atoms with Gasteiger partial charge in [0.25, 0.3) is 5.69 Å². The van der Waals surface area contributed by atoms with Crippen LogP contribution in [0.1, 0.15) is 31.9 Å². The number of rotatable bonds is 5. The molecule has 0 aliphatic carbocycles. The minimum absolute atomic E-state index is 0.144. The first-order valence-electron chi connectivity index (χ1n) is 8.49. The summed E-state index contributed by atoms with van der Waals surface area (Å²) in [5.74, 6) is -0.221. The average Bonchev–Trinajstić information content (AvgIpc) is 3.18. The van der Waals surface area contributed by atoms with Crippen molar-refractivity contribution in [2.75, 3.05) is 0 Å². The van der Waals surface area contributed by atoms with E-state index in [1.54, 1.807) is 63.2 Å². The van der Waals surface area contributed by atoms with Crippen LogP contribution in [0.2, 0.25) is 0 Å². The molecule has 0 spiro atoms. The van der Waals surface area contributed by atoms with Gasteiger partial charge in [-0.15, -0.1) is 0 Å². The Labute approximate surface area is 156 Å². The minimum atomic E-state index is -1.51. The van der Waals surface area contributed by atoms with Crippen LogP contribution >= 0.6 is 0 Å². The molecule has 3 rings (SSSR count). The molecule has 1 aromatic heterocycles. The van der Waals surface area contributed by atoms with E-state index in [9.17, 15) is 14.9 Å². The van der Waals surface area contributed by atoms with Crippen molar-refractivity contribution in [3.8, 4) is 0 Å². The quantitative estimate of drug-likeness (QED) is 0.510. The summed E-state index contributed by atoms with van der Waals surface area (Å²) in [7, 11) is 0. The Hall–Kier alpha value is -3.35. The number of carbonyl (C=O) groups is 1. The van der Waals surface area contributed by atoms with Crippen molar-refractivity contribution in [3.63, 3.8) is 0 Å². The average molecular weight is 364 g/mol. The number of ketones is 1. The van der Waals surface area contributed by atoms with Gasteiger partial charge in [-0.1, -0.05) is 63.2 Å². The molecule has 27 heavy (non-hydrogen) atoms. The predicted octanol–water partition coefficient (Wildman–Crippen LogP) is 3.59. The number of carbonyl (C=O) groups excluding carboxylic acids is 1. The number of nitro groups is 1. The second kappa shape index (κ2) is 6.75. The fraction of sp³-hybridized carbons (Fsp3) is 0.250. The first kappa shape index (κ1) is 18.4. The molecule has 0 N–H and O–H groups in total. The maximum absolute atomic E-state index is 13.8. The van der Waals surface area contributed by atoms with Gasteiger partial charge in [0.15, 0.2) is 11.3 Å². The van der Waals surface area contributed by atoms with Crippen LogP contribution in [0.3, 0.4) is 0 Å². The van der Waals surface area contributed by atoms with E-state index in [-0.39, 0.29) is 17.0 Å². The maximum atomic E-state index is 13.8. The van der Waals surface area contributed by atoms with Gasteiger partial charge in [0.2, 0.25) is 0 Å². The van der Waals surface area contributed by atoms with Gasteiger partial charge in [-0.2, -0.15) is 5.10 Å². The van der Waals surface area contributed by atoms with E-state index < -0.39 is 15.9 Å². The Balaban J connectivity index is 2.50. The number of hydrogen-bond acceptors (Lipinski definition) is 5. The Bertz CT molecular complexity index is 962. The van der Waals surface area contributed by atoms with Crippen molar-refractivity contribution >= 4 is 11.5 Å². The highest BCUT2D eigenvalue weighted by molar-refractivity contribution is 5.98. The number of para-hydroxylation sites is 1. The van der Waals surface area contributed by atoms with Crippen molar-refractivity contribution in [2.45, 2.75) is 26.3 Å². The van der Waals surface area contributed by atoms with E-state index in [0.29, 0.717) is 5.56 Å². The zero-order valence-corrected chi connectivity index (χ0v) is 15.4. The second-order valence-corrected chi connectivity index (χ2v) is 7.27. The number of nitrogens with zero attached hydrogens (tertiary/aromatic N) is 4. The van der Waals surface area contributed by atoms with Gasteiger partial charge in [-0.05, 0) is 11.6 Å². The Morgan fingerprint density at radius 2 is 1.67 bits per heavy atom. The van der Waals surface area contributed by atoms with E-state index in [4.69, 9.17) is 0 Å². The third-order valence-electron chi connectivity index (χ3n) is 4.45. The van der Waals surface area contributed by atoms with Gasteiger partial charge in [-0.25, -0.2) is 9.67 Å². The van der Waals surface area contributed by atoms with E-state index in [1.165, 1.54) is 23.4 Å². The van der Waals surface area contributed by atoms with Crippen LogP contribution in [0.5, 0.6) is 0 Å². The summed E-state index contributed by atoms with van der Waals surface area (Å²) in [4.78, 5) is 29.2. The number of nitro benzene ring substituents is 1. The number of hydrogen-bond donors (Lipinski definition) is 0. The molecule has 0 aliphatic heterocycles. The van der Waals surface area contributed by atoms with Gasteiger partial charge in [0.05, 0.1) is 10.5 Å². The monoisotopic (exact) mass is 364 g/mol. The minimum Gasteiger partial charge on any atom is -0.296 e. The van der Waals surface area contributed by atoms with E-state index >= 15 is 0 Å². The van der Waals surface area contributed by atoms with Crippen LogP contribution < -0.4 is 0 Å². The fourth-order valence-corrected chi connectivity index (χ4v) is 3.31. The first-order chi connectivity index (χ1) is 12.8. The molecular weight excluding hydrogens is 344 g/mol. The first-order valence-corrected chi connectivity index (χ1v) is 8.49. The molecule has 0 radical (unpaired) electrons. The largest absolute Gasteiger partial charge is 0.296 e. The molecule has 138 valence electrons. The van der Waals surface area contributed by atoms with Crippen molar-refractivity contribution in [3.05, 3.63) is 88.5 Å². The highest BCUT2D eigenvalue weighted by atomic mass is 16.6. The molecule has 0 saturated carbocycles. The van der Waals surface area contributed by atoms with Gasteiger partial charge in [0.1, 0.15) is 12.7 Å². The molecule has 7 nitrogen and oxygen atoms in total. The molecule has 1 atom stereocenters. The summed E-state index contributed by atoms with van der Waals surface area (Å²) in [6.45, 7) is 5.37. The summed E-state index contributed by atoms with van der Waals surface area (Å²) in [6, 6.07) is 15.3. The molecule has 0 saturated heterocycles. The summed E-state index contributed by atoms with van der Waals surface area (Å²) in [5.41, 5.74) is -1.61. The summed E-state index contributed by atoms with van der Waals surface area (Å²) < 4.78 is 1.41. The zero-order valence-electron chi connectivity index (χ0n) is 15.4. The Kier molecular flexibility index (Phi) is 4.61. The molecule has 0 aliphatic rings. The third-order valence-corrected chi connectivity index (χ3v) is 4.45. The standard InChI is InChI=1S/C20H20N4O3/c1-19(2,3)18(25)20(23-14-21-13-22-23,15-9-5-4-6-10-15)16-11-7-8-12-17(16)24(26)27/h4-14H,1-3H3. The van der Waals surface area contributed by atoms with Crippen LogP contribution in [0.15, 0.2) is 67.3 Å². The highest BCUT2D eigenvalue weighted by Crippen LogP contribution is 2.43. The van der Waals surface area contributed by atoms with Gasteiger partial charge in [-0.3, -0.25) is 14.9 Å². The second-order valence-electron chi connectivity index (χ2n) is 7.27. The number of benzene rings is 2.